The molecule has 13 heavy (non-hydrogen) atoms. The maximum Gasteiger partial charge on any atom is 0.0621 e. The third kappa shape index (κ3) is 7.30. The van der Waals surface area contributed by atoms with Gasteiger partial charge in [-0.05, 0) is 19.4 Å². The summed E-state index contributed by atoms with van der Waals surface area (Å²) in [5, 5.41) is 8.34. The van der Waals surface area contributed by atoms with Gasteiger partial charge >= 0.3 is 0 Å². The molecule has 72 valence electrons. The van der Waals surface area contributed by atoms with Crippen LogP contribution in [0.2, 0.25) is 0 Å². The monoisotopic (exact) mass is 178 g/mol. The van der Waals surface area contributed by atoms with Crippen LogP contribution in [0.5, 0.6) is 0 Å². The van der Waals surface area contributed by atoms with Crippen molar-refractivity contribution in [2.75, 3.05) is 19.6 Å². The molecule has 0 rings (SSSR count). The molecule has 0 aromatic carbocycles. The van der Waals surface area contributed by atoms with Crippen LogP contribution in [0.1, 0.15) is 19.3 Å². The molecule has 2 nitrogen and oxygen atoms in total. The van der Waals surface area contributed by atoms with E-state index in [-0.39, 0.29) is 0 Å². The standard InChI is InChI=1S/C11H18N2/c1-3-9-13(10-4-2)11-7-5-6-8-12/h3-4H,1-2,5-7,9-11H2. The largest absolute Gasteiger partial charge is 0.296 e. The maximum atomic E-state index is 8.34. The molecule has 0 unspecified atom stereocenters. The molecule has 2 heteroatoms. The highest BCUT2D eigenvalue weighted by Crippen LogP contribution is 1.98. The van der Waals surface area contributed by atoms with Crippen LogP contribution in [0.15, 0.2) is 25.3 Å². The fourth-order valence-electron chi connectivity index (χ4n) is 1.16. The van der Waals surface area contributed by atoms with Crippen molar-refractivity contribution in [3.05, 3.63) is 25.3 Å². The van der Waals surface area contributed by atoms with Gasteiger partial charge in [0.1, 0.15) is 0 Å². The molecule has 0 aromatic heterocycles. The lowest BCUT2D eigenvalue weighted by Crippen LogP contribution is -2.24. The Morgan fingerprint density at radius 1 is 1.15 bits per heavy atom. The molecule has 0 bridgehead atoms. The van der Waals surface area contributed by atoms with Gasteiger partial charge in [-0.1, -0.05) is 12.2 Å². The predicted molar refractivity (Wildman–Crippen MR) is 56.3 cm³/mol. The van der Waals surface area contributed by atoms with Gasteiger partial charge in [0, 0.05) is 19.5 Å². The summed E-state index contributed by atoms with van der Waals surface area (Å²) in [6.07, 6.45) is 6.52. The fraction of sp³-hybridized carbons (Fsp3) is 0.545. The van der Waals surface area contributed by atoms with Crippen molar-refractivity contribution in [3.8, 4) is 6.07 Å². The van der Waals surface area contributed by atoms with Crippen molar-refractivity contribution in [1.82, 2.24) is 4.90 Å². The minimum Gasteiger partial charge on any atom is -0.296 e. The Hall–Kier alpha value is -1.07. The van der Waals surface area contributed by atoms with E-state index in [2.05, 4.69) is 24.1 Å². The van der Waals surface area contributed by atoms with Crippen molar-refractivity contribution in [1.29, 1.82) is 5.26 Å². The molecule has 0 aliphatic rings. The number of hydrogen-bond donors (Lipinski definition) is 0. The Kier molecular flexibility index (Phi) is 8.28. The molecule has 0 saturated carbocycles. The van der Waals surface area contributed by atoms with E-state index in [0.717, 1.165) is 32.5 Å². The number of hydrogen-bond acceptors (Lipinski definition) is 2. The first-order chi connectivity index (χ1) is 6.35. The van der Waals surface area contributed by atoms with E-state index in [1.165, 1.54) is 0 Å². The highest BCUT2D eigenvalue weighted by Gasteiger charge is 1.98. The highest BCUT2D eigenvalue weighted by atomic mass is 15.1. The Morgan fingerprint density at radius 3 is 2.23 bits per heavy atom. The molecule has 0 aromatic rings. The van der Waals surface area contributed by atoms with Crippen LogP contribution in [-0.2, 0) is 0 Å². The molecule has 0 saturated heterocycles. The normalized spacial score (nSPS) is 9.54. The van der Waals surface area contributed by atoms with Crippen LogP contribution >= 0.6 is 0 Å². The zero-order chi connectivity index (χ0) is 9.94. The molecule has 0 radical (unpaired) electrons. The summed E-state index contributed by atoms with van der Waals surface area (Å²) < 4.78 is 0. The summed E-state index contributed by atoms with van der Waals surface area (Å²) >= 11 is 0. The molecule has 0 spiro atoms. The van der Waals surface area contributed by atoms with Gasteiger partial charge in [-0.25, -0.2) is 0 Å². The summed E-state index contributed by atoms with van der Waals surface area (Å²) in [7, 11) is 0. The van der Waals surface area contributed by atoms with Crippen LogP contribution < -0.4 is 0 Å². The smallest absolute Gasteiger partial charge is 0.0621 e. The van der Waals surface area contributed by atoms with E-state index in [0.29, 0.717) is 6.42 Å². The van der Waals surface area contributed by atoms with Gasteiger partial charge in [0.15, 0.2) is 0 Å². The SMILES string of the molecule is C=CCN(CC=C)CCCCC#N. The summed E-state index contributed by atoms with van der Waals surface area (Å²) in [6.45, 7) is 10.2. The maximum absolute atomic E-state index is 8.34. The molecule has 0 aliphatic carbocycles. The van der Waals surface area contributed by atoms with Crippen molar-refractivity contribution in [3.63, 3.8) is 0 Å². The zero-order valence-electron chi connectivity index (χ0n) is 8.21. The van der Waals surface area contributed by atoms with Gasteiger partial charge in [0.05, 0.1) is 6.07 Å². The van der Waals surface area contributed by atoms with Crippen molar-refractivity contribution >= 4 is 0 Å². The number of rotatable bonds is 8. The molecule has 0 atom stereocenters. The Labute approximate surface area is 81.2 Å². The minimum absolute atomic E-state index is 0.663. The third-order valence-corrected chi connectivity index (χ3v) is 1.79. The summed E-state index contributed by atoms with van der Waals surface area (Å²) in [4.78, 5) is 2.26. The van der Waals surface area contributed by atoms with Gasteiger partial charge in [-0.2, -0.15) is 5.26 Å². The Balaban J connectivity index is 3.50. The lowest BCUT2D eigenvalue weighted by atomic mass is 10.2. The molecule has 0 N–H and O–H groups in total. The molecular formula is C11H18N2. The predicted octanol–water partition coefficient (Wildman–Crippen LogP) is 2.35. The van der Waals surface area contributed by atoms with E-state index in [9.17, 15) is 0 Å². The lowest BCUT2D eigenvalue weighted by molar-refractivity contribution is 0.327. The lowest BCUT2D eigenvalue weighted by Gasteiger charge is -2.17. The first kappa shape index (κ1) is 11.9. The Morgan fingerprint density at radius 2 is 1.77 bits per heavy atom. The van der Waals surface area contributed by atoms with Crippen LogP contribution in [0.3, 0.4) is 0 Å². The molecule has 0 amide bonds. The second-order valence-electron chi connectivity index (χ2n) is 2.95. The number of nitriles is 1. The van der Waals surface area contributed by atoms with E-state index in [1.54, 1.807) is 0 Å². The topological polar surface area (TPSA) is 27.0 Å². The van der Waals surface area contributed by atoms with Crippen molar-refractivity contribution < 1.29 is 0 Å². The first-order valence-electron chi connectivity index (χ1n) is 4.66. The number of unbranched alkanes of at least 4 members (excludes halogenated alkanes) is 2. The van der Waals surface area contributed by atoms with Crippen LogP contribution in [0.25, 0.3) is 0 Å². The van der Waals surface area contributed by atoms with Gasteiger partial charge in [-0.3, -0.25) is 4.90 Å². The molecule has 0 aliphatic heterocycles. The van der Waals surface area contributed by atoms with Gasteiger partial charge in [0.25, 0.3) is 0 Å². The van der Waals surface area contributed by atoms with Crippen LogP contribution in [-0.4, -0.2) is 24.5 Å². The second-order valence-corrected chi connectivity index (χ2v) is 2.95. The van der Waals surface area contributed by atoms with E-state index in [4.69, 9.17) is 5.26 Å². The zero-order valence-corrected chi connectivity index (χ0v) is 8.21. The second kappa shape index (κ2) is 9.02. The molecule has 0 fully saturated rings. The summed E-state index contributed by atoms with van der Waals surface area (Å²) in [5.74, 6) is 0. The van der Waals surface area contributed by atoms with Gasteiger partial charge in [-0.15, -0.1) is 13.2 Å². The summed E-state index contributed by atoms with van der Waals surface area (Å²) in [5.41, 5.74) is 0. The number of nitrogens with zero attached hydrogens (tertiary/aromatic N) is 2. The van der Waals surface area contributed by atoms with Crippen LogP contribution in [0, 0.1) is 11.3 Å². The first-order valence-corrected chi connectivity index (χ1v) is 4.66. The summed E-state index contributed by atoms with van der Waals surface area (Å²) in [6, 6.07) is 2.15. The van der Waals surface area contributed by atoms with E-state index in [1.807, 2.05) is 12.2 Å². The highest BCUT2D eigenvalue weighted by molar-refractivity contribution is 4.79. The Bertz CT molecular complexity index is 169. The quantitative estimate of drug-likeness (QED) is 0.421. The van der Waals surface area contributed by atoms with Crippen molar-refractivity contribution in [2.45, 2.75) is 19.3 Å². The van der Waals surface area contributed by atoms with E-state index >= 15 is 0 Å². The van der Waals surface area contributed by atoms with E-state index < -0.39 is 0 Å². The van der Waals surface area contributed by atoms with Gasteiger partial charge in [0.2, 0.25) is 0 Å². The van der Waals surface area contributed by atoms with Crippen molar-refractivity contribution in [2.24, 2.45) is 0 Å². The third-order valence-electron chi connectivity index (χ3n) is 1.79. The average molecular weight is 178 g/mol. The molecular weight excluding hydrogens is 160 g/mol. The average Bonchev–Trinajstić information content (AvgIpc) is 2.13. The van der Waals surface area contributed by atoms with Gasteiger partial charge < -0.3 is 0 Å². The fourth-order valence-corrected chi connectivity index (χ4v) is 1.16. The molecule has 0 heterocycles. The van der Waals surface area contributed by atoms with Crippen LogP contribution in [0.4, 0.5) is 0 Å². The minimum atomic E-state index is 0.663.